The van der Waals surface area contributed by atoms with Crippen LogP contribution in [-0.4, -0.2) is 40.6 Å². The van der Waals surface area contributed by atoms with E-state index < -0.39 is 0 Å². The van der Waals surface area contributed by atoms with Crippen molar-refractivity contribution in [1.29, 1.82) is 0 Å². The lowest BCUT2D eigenvalue weighted by molar-refractivity contribution is 0.0934. The maximum absolute atomic E-state index is 11.9. The average molecular weight is 328 g/mol. The molecule has 1 saturated heterocycles. The molecule has 0 spiro atoms. The molecule has 128 valence electrons. The van der Waals surface area contributed by atoms with Crippen LogP contribution in [0.1, 0.15) is 41.3 Å². The van der Waals surface area contributed by atoms with Crippen LogP contribution in [0.2, 0.25) is 0 Å². The molecule has 1 fully saturated rings. The Kier molecular flexibility index (Phi) is 5.59. The van der Waals surface area contributed by atoms with Gasteiger partial charge in [-0.2, -0.15) is 4.98 Å². The zero-order chi connectivity index (χ0) is 16.8. The van der Waals surface area contributed by atoms with Crippen molar-refractivity contribution in [2.24, 2.45) is 5.92 Å². The fraction of sp³-hybridized carbons (Fsp3) is 0.500. The molecule has 2 heterocycles. The summed E-state index contributed by atoms with van der Waals surface area (Å²) in [5.41, 5.74) is 1.37. The van der Waals surface area contributed by atoms with E-state index >= 15 is 0 Å². The molecule has 1 aromatic carbocycles. The van der Waals surface area contributed by atoms with E-state index in [0.717, 1.165) is 26.1 Å². The van der Waals surface area contributed by atoms with Gasteiger partial charge in [-0.05, 0) is 43.8 Å². The van der Waals surface area contributed by atoms with Crippen LogP contribution in [0.15, 0.2) is 34.9 Å². The van der Waals surface area contributed by atoms with Gasteiger partial charge in [-0.1, -0.05) is 35.5 Å². The number of aromatic nitrogens is 2. The molecule has 6 nitrogen and oxygen atoms in total. The number of nitrogens with zero attached hydrogens (tertiary/aromatic N) is 3. The van der Waals surface area contributed by atoms with E-state index in [4.69, 9.17) is 4.52 Å². The summed E-state index contributed by atoms with van der Waals surface area (Å²) < 4.78 is 4.82. The van der Waals surface area contributed by atoms with Crippen LogP contribution in [0, 0.1) is 12.8 Å². The van der Waals surface area contributed by atoms with Crippen molar-refractivity contribution in [1.82, 2.24) is 20.4 Å². The number of carbonyl (C=O) groups is 1. The minimum absolute atomic E-state index is 0.116. The first-order valence-electron chi connectivity index (χ1n) is 8.55. The lowest BCUT2D eigenvalue weighted by Crippen LogP contribution is -2.35. The van der Waals surface area contributed by atoms with Gasteiger partial charge in [0.1, 0.15) is 0 Å². The summed E-state index contributed by atoms with van der Waals surface area (Å²) in [4.78, 5) is 18.3. The molecule has 1 N–H and O–H groups in total. The van der Waals surface area contributed by atoms with Crippen molar-refractivity contribution in [3.05, 3.63) is 47.6 Å². The number of likely N-dealkylation sites (tertiary alicyclic amines) is 1. The molecule has 1 aliphatic rings. The standard InChI is InChI=1S/C18H24N4O2/c1-14-20-17(21-24-14)18(23)19-10-7-15-8-11-22(12-9-15)13-16-5-3-2-4-6-16/h2-6,15H,7-13H2,1H3,(H,19,23). The maximum Gasteiger partial charge on any atom is 0.292 e. The van der Waals surface area contributed by atoms with Crippen LogP contribution >= 0.6 is 0 Å². The van der Waals surface area contributed by atoms with Gasteiger partial charge in [0.15, 0.2) is 0 Å². The molecule has 1 amide bonds. The van der Waals surface area contributed by atoms with E-state index in [1.54, 1.807) is 6.92 Å². The first-order valence-corrected chi connectivity index (χ1v) is 8.55. The Morgan fingerprint density at radius 1 is 1.29 bits per heavy atom. The fourth-order valence-corrected chi connectivity index (χ4v) is 3.14. The Balaban J connectivity index is 1.34. The molecular formula is C18H24N4O2. The highest BCUT2D eigenvalue weighted by Gasteiger charge is 2.19. The first kappa shape index (κ1) is 16.6. The highest BCUT2D eigenvalue weighted by molar-refractivity contribution is 5.90. The van der Waals surface area contributed by atoms with Crippen LogP contribution in [0.25, 0.3) is 0 Å². The van der Waals surface area contributed by atoms with Crippen LogP contribution < -0.4 is 5.32 Å². The lowest BCUT2D eigenvalue weighted by atomic mass is 9.93. The summed E-state index contributed by atoms with van der Waals surface area (Å²) in [5, 5.41) is 6.50. The molecular weight excluding hydrogens is 304 g/mol. The number of hydrogen-bond acceptors (Lipinski definition) is 5. The molecule has 0 saturated carbocycles. The number of nitrogens with one attached hydrogen (secondary N) is 1. The zero-order valence-electron chi connectivity index (χ0n) is 14.1. The van der Waals surface area contributed by atoms with E-state index in [0.29, 0.717) is 18.4 Å². The second kappa shape index (κ2) is 8.06. The quantitative estimate of drug-likeness (QED) is 0.882. The third-order valence-corrected chi connectivity index (χ3v) is 4.52. The van der Waals surface area contributed by atoms with Gasteiger partial charge in [-0.25, -0.2) is 0 Å². The molecule has 2 aromatic rings. The van der Waals surface area contributed by atoms with Crippen molar-refractivity contribution in [3.8, 4) is 0 Å². The summed E-state index contributed by atoms with van der Waals surface area (Å²) in [5.74, 6) is 0.939. The second-order valence-corrected chi connectivity index (χ2v) is 6.39. The predicted molar refractivity (Wildman–Crippen MR) is 90.4 cm³/mol. The number of rotatable bonds is 6. The summed E-state index contributed by atoms with van der Waals surface area (Å²) in [6, 6.07) is 10.6. The number of hydrogen-bond donors (Lipinski definition) is 1. The minimum atomic E-state index is -0.256. The first-order chi connectivity index (χ1) is 11.7. The number of carbonyl (C=O) groups excluding carboxylic acids is 1. The Bertz CT molecular complexity index is 648. The maximum atomic E-state index is 11.9. The molecule has 0 bridgehead atoms. The molecule has 1 aliphatic heterocycles. The number of piperidine rings is 1. The summed E-state index contributed by atoms with van der Waals surface area (Å²) >= 11 is 0. The lowest BCUT2D eigenvalue weighted by Gasteiger charge is -2.32. The van der Waals surface area contributed by atoms with Gasteiger partial charge >= 0.3 is 0 Å². The SMILES string of the molecule is Cc1nc(C(=O)NCCC2CCN(Cc3ccccc3)CC2)no1. The third kappa shape index (κ3) is 4.64. The summed E-state index contributed by atoms with van der Waals surface area (Å²) in [6.07, 6.45) is 3.37. The van der Waals surface area contributed by atoms with Crippen molar-refractivity contribution in [2.75, 3.05) is 19.6 Å². The molecule has 0 atom stereocenters. The normalized spacial score (nSPS) is 16.2. The van der Waals surface area contributed by atoms with Crippen LogP contribution in [0.5, 0.6) is 0 Å². The van der Waals surface area contributed by atoms with Crippen molar-refractivity contribution >= 4 is 5.91 Å². The van der Waals surface area contributed by atoms with Crippen molar-refractivity contribution < 1.29 is 9.32 Å². The van der Waals surface area contributed by atoms with E-state index in [9.17, 15) is 4.79 Å². The fourth-order valence-electron chi connectivity index (χ4n) is 3.14. The Labute approximate surface area is 142 Å². The third-order valence-electron chi connectivity index (χ3n) is 4.52. The molecule has 0 radical (unpaired) electrons. The van der Waals surface area contributed by atoms with Crippen molar-refractivity contribution in [2.45, 2.75) is 32.7 Å². The van der Waals surface area contributed by atoms with Crippen LogP contribution in [0.4, 0.5) is 0 Å². The Hall–Kier alpha value is -2.21. The highest BCUT2D eigenvalue weighted by atomic mass is 16.5. The Morgan fingerprint density at radius 2 is 2.04 bits per heavy atom. The van der Waals surface area contributed by atoms with Gasteiger partial charge in [-0.3, -0.25) is 9.69 Å². The van der Waals surface area contributed by atoms with Gasteiger partial charge in [0.2, 0.25) is 5.89 Å². The van der Waals surface area contributed by atoms with Gasteiger partial charge in [0.25, 0.3) is 11.7 Å². The number of benzene rings is 1. The van der Waals surface area contributed by atoms with Crippen LogP contribution in [0.3, 0.4) is 0 Å². The van der Waals surface area contributed by atoms with Crippen molar-refractivity contribution in [3.63, 3.8) is 0 Å². The largest absolute Gasteiger partial charge is 0.349 e. The molecule has 1 aromatic heterocycles. The van der Waals surface area contributed by atoms with Crippen LogP contribution in [-0.2, 0) is 6.54 Å². The molecule has 6 heteroatoms. The second-order valence-electron chi connectivity index (χ2n) is 6.39. The zero-order valence-corrected chi connectivity index (χ0v) is 14.1. The summed E-state index contributed by atoms with van der Waals surface area (Å²) in [7, 11) is 0. The topological polar surface area (TPSA) is 71.3 Å². The minimum Gasteiger partial charge on any atom is -0.349 e. The highest BCUT2D eigenvalue weighted by Crippen LogP contribution is 2.21. The van der Waals surface area contributed by atoms with Gasteiger partial charge in [0, 0.05) is 20.0 Å². The average Bonchev–Trinajstić information content (AvgIpc) is 3.04. The molecule has 0 unspecified atom stereocenters. The Morgan fingerprint density at radius 3 is 2.71 bits per heavy atom. The number of amides is 1. The van der Waals surface area contributed by atoms with Gasteiger partial charge in [-0.15, -0.1) is 0 Å². The van der Waals surface area contributed by atoms with E-state index in [2.05, 4.69) is 50.7 Å². The van der Waals surface area contributed by atoms with E-state index in [-0.39, 0.29) is 11.7 Å². The monoisotopic (exact) mass is 328 g/mol. The molecule has 24 heavy (non-hydrogen) atoms. The van der Waals surface area contributed by atoms with E-state index in [1.807, 2.05) is 0 Å². The summed E-state index contributed by atoms with van der Waals surface area (Å²) in [6.45, 7) is 5.61. The predicted octanol–water partition coefficient (Wildman–Crippen LogP) is 2.41. The molecule has 3 rings (SSSR count). The van der Waals surface area contributed by atoms with Gasteiger partial charge in [0.05, 0.1) is 0 Å². The van der Waals surface area contributed by atoms with E-state index in [1.165, 1.54) is 18.4 Å². The van der Waals surface area contributed by atoms with Gasteiger partial charge < -0.3 is 9.84 Å². The molecule has 0 aliphatic carbocycles. The smallest absolute Gasteiger partial charge is 0.292 e. The number of aryl methyl sites for hydroxylation is 1.